The molecule has 2 aliphatic heterocycles. The number of aliphatic hydroxyl groups is 1. The van der Waals surface area contributed by atoms with Gasteiger partial charge in [-0.05, 0) is 69.3 Å². The molecule has 1 N–H and O–H groups in total. The zero-order valence-corrected chi connectivity index (χ0v) is 22.1. The van der Waals surface area contributed by atoms with Crippen LogP contribution >= 0.6 is 0 Å². The minimum Gasteiger partial charge on any atom is -0.490 e. The van der Waals surface area contributed by atoms with Crippen molar-refractivity contribution in [2.75, 3.05) is 24.6 Å². The van der Waals surface area contributed by atoms with Gasteiger partial charge >= 0.3 is 6.36 Å². The summed E-state index contributed by atoms with van der Waals surface area (Å²) in [7, 11) is 0. The van der Waals surface area contributed by atoms with Crippen LogP contribution in [-0.2, 0) is 12.1 Å². The molecule has 8 nitrogen and oxygen atoms in total. The first-order chi connectivity index (χ1) is 18.4. The zero-order valence-electron chi connectivity index (χ0n) is 22.1. The maximum Gasteiger partial charge on any atom is 0.573 e. The molecule has 210 valence electrons. The second kappa shape index (κ2) is 10.2. The van der Waals surface area contributed by atoms with Crippen LogP contribution in [0.25, 0.3) is 0 Å². The number of halogens is 3. The Kier molecular flexibility index (Phi) is 7.04. The fourth-order valence-corrected chi connectivity index (χ4v) is 4.88. The van der Waals surface area contributed by atoms with Crippen molar-refractivity contribution in [3.63, 3.8) is 0 Å². The first-order valence-electron chi connectivity index (χ1n) is 12.8. The summed E-state index contributed by atoms with van der Waals surface area (Å²) in [6, 6.07) is 13.9. The van der Waals surface area contributed by atoms with Gasteiger partial charge in [-0.3, -0.25) is 4.57 Å². The summed E-state index contributed by atoms with van der Waals surface area (Å²) >= 11 is 0. The van der Waals surface area contributed by atoms with Crippen molar-refractivity contribution in [1.29, 1.82) is 0 Å². The third kappa shape index (κ3) is 6.52. The molecule has 5 rings (SSSR count). The van der Waals surface area contributed by atoms with E-state index < -0.39 is 17.6 Å². The van der Waals surface area contributed by atoms with E-state index >= 15 is 0 Å². The number of imidazole rings is 1. The van der Waals surface area contributed by atoms with Crippen molar-refractivity contribution >= 4 is 5.69 Å². The molecule has 11 heteroatoms. The highest BCUT2D eigenvalue weighted by molar-refractivity contribution is 5.49. The summed E-state index contributed by atoms with van der Waals surface area (Å²) in [6.07, 6.45) is -1.52. The standard InChI is InChI=1S/C28H32F3N3O5/c1-26(2,35)24-16-32-25-34(24)17-27(3,39-25)18-36-20-6-4-19(5-7-20)33-14-12-22(13-15-33)37-21-8-10-23(11-9-21)38-28(29,30)31/h4-11,16,22,35H,12-15,17-18H2,1-3H3/t27-/m1/s1. The number of nitrogens with zero attached hydrogens (tertiary/aromatic N) is 3. The minimum atomic E-state index is -4.71. The average molecular weight is 548 g/mol. The van der Waals surface area contributed by atoms with Crippen molar-refractivity contribution < 1.29 is 37.2 Å². The molecule has 0 radical (unpaired) electrons. The fraction of sp³-hybridized carbons (Fsp3) is 0.464. The van der Waals surface area contributed by atoms with Crippen molar-refractivity contribution in [3.05, 3.63) is 60.4 Å². The SMILES string of the molecule is CC(C)(O)c1cnc2n1C[C@](C)(COc1ccc(N3CCC(Oc4ccc(OC(F)(F)F)cc4)CC3)cc1)O2. The molecule has 1 atom stereocenters. The van der Waals surface area contributed by atoms with E-state index in [2.05, 4.69) is 14.6 Å². The van der Waals surface area contributed by atoms with Crippen LogP contribution in [0, 0.1) is 0 Å². The van der Waals surface area contributed by atoms with E-state index in [9.17, 15) is 18.3 Å². The molecular formula is C28H32F3N3O5. The monoisotopic (exact) mass is 547 g/mol. The summed E-state index contributed by atoms with van der Waals surface area (Å²) in [5, 5.41) is 10.4. The van der Waals surface area contributed by atoms with E-state index in [0.717, 1.165) is 37.4 Å². The molecule has 3 heterocycles. The third-order valence-electron chi connectivity index (χ3n) is 6.82. The molecule has 1 fully saturated rings. The Morgan fingerprint density at radius 2 is 1.62 bits per heavy atom. The number of piperidine rings is 1. The van der Waals surface area contributed by atoms with E-state index in [4.69, 9.17) is 14.2 Å². The molecule has 2 aromatic carbocycles. The van der Waals surface area contributed by atoms with Crippen molar-refractivity contribution in [2.24, 2.45) is 0 Å². The number of hydrogen-bond acceptors (Lipinski definition) is 7. The van der Waals surface area contributed by atoms with Gasteiger partial charge in [0.25, 0.3) is 6.01 Å². The smallest absolute Gasteiger partial charge is 0.490 e. The number of rotatable bonds is 8. The second-order valence-electron chi connectivity index (χ2n) is 10.7. The molecule has 0 spiro atoms. The van der Waals surface area contributed by atoms with Gasteiger partial charge in [0.15, 0.2) is 5.60 Å². The number of aromatic nitrogens is 2. The first-order valence-corrected chi connectivity index (χ1v) is 12.8. The van der Waals surface area contributed by atoms with E-state index in [1.54, 1.807) is 20.0 Å². The van der Waals surface area contributed by atoms with Crippen molar-refractivity contribution in [1.82, 2.24) is 9.55 Å². The Labute approximate surface area is 224 Å². The quantitative estimate of drug-likeness (QED) is 0.411. The third-order valence-corrected chi connectivity index (χ3v) is 6.82. The van der Waals surface area contributed by atoms with E-state index in [1.807, 2.05) is 35.8 Å². The predicted molar refractivity (Wildman–Crippen MR) is 137 cm³/mol. The first kappa shape index (κ1) is 27.0. The number of anilines is 1. The van der Waals surface area contributed by atoms with Crippen LogP contribution < -0.4 is 23.8 Å². The highest BCUT2D eigenvalue weighted by Gasteiger charge is 2.40. The Hall–Kier alpha value is -3.60. The lowest BCUT2D eigenvalue weighted by molar-refractivity contribution is -0.274. The Morgan fingerprint density at radius 1 is 1.00 bits per heavy atom. The maximum absolute atomic E-state index is 12.3. The Bertz CT molecular complexity index is 1260. The molecule has 1 aromatic heterocycles. The van der Waals surface area contributed by atoms with E-state index in [1.165, 1.54) is 24.3 Å². The topological polar surface area (TPSA) is 78.2 Å². The number of fused-ring (bicyclic) bond motifs is 1. The normalized spacial score (nSPS) is 19.9. The molecule has 39 heavy (non-hydrogen) atoms. The molecule has 0 saturated carbocycles. The van der Waals surface area contributed by atoms with Gasteiger partial charge in [0.1, 0.15) is 35.6 Å². The van der Waals surface area contributed by atoms with Gasteiger partial charge in [0.05, 0.1) is 18.4 Å². The van der Waals surface area contributed by atoms with Crippen LogP contribution in [0.2, 0.25) is 0 Å². The summed E-state index contributed by atoms with van der Waals surface area (Å²) in [6.45, 7) is 7.84. The Balaban J connectivity index is 1.09. The van der Waals surface area contributed by atoms with Gasteiger partial charge in [0.2, 0.25) is 0 Å². The van der Waals surface area contributed by atoms with Crippen LogP contribution in [0.15, 0.2) is 54.7 Å². The van der Waals surface area contributed by atoms with Gasteiger partial charge in [-0.25, -0.2) is 4.98 Å². The van der Waals surface area contributed by atoms with Gasteiger partial charge in [-0.1, -0.05) is 0 Å². The van der Waals surface area contributed by atoms with E-state index in [0.29, 0.717) is 30.6 Å². The lowest BCUT2D eigenvalue weighted by atomic mass is 10.0. The Morgan fingerprint density at radius 3 is 2.23 bits per heavy atom. The van der Waals surface area contributed by atoms with Gasteiger partial charge < -0.3 is 29.0 Å². The van der Waals surface area contributed by atoms with Gasteiger partial charge in [0, 0.05) is 31.6 Å². The van der Waals surface area contributed by atoms with Crippen molar-refractivity contribution in [2.45, 2.75) is 63.8 Å². The largest absolute Gasteiger partial charge is 0.573 e. The number of ether oxygens (including phenoxy) is 4. The zero-order chi connectivity index (χ0) is 27.8. The van der Waals surface area contributed by atoms with Crippen LogP contribution in [0.3, 0.4) is 0 Å². The second-order valence-corrected chi connectivity index (χ2v) is 10.7. The van der Waals surface area contributed by atoms with Crippen LogP contribution in [-0.4, -0.2) is 52.4 Å². The molecule has 0 aliphatic carbocycles. The lowest BCUT2D eigenvalue weighted by Gasteiger charge is -2.33. The molecule has 1 saturated heterocycles. The number of hydrogen-bond donors (Lipinski definition) is 1. The highest BCUT2D eigenvalue weighted by Crippen LogP contribution is 2.34. The van der Waals surface area contributed by atoms with E-state index in [-0.39, 0.29) is 11.9 Å². The molecule has 3 aromatic rings. The van der Waals surface area contributed by atoms with Gasteiger partial charge in [-0.15, -0.1) is 13.2 Å². The molecule has 2 aliphatic rings. The van der Waals surface area contributed by atoms with Crippen LogP contribution in [0.1, 0.15) is 39.3 Å². The number of alkyl halides is 3. The average Bonchev–Trinajstić information content (AvgIpc) is 3.40. The maximum atomic E-state index is 12.3. The summed E-state index contributed by atoms with van der Waals surface area (Å²) < 4.78 is 60.8. The highest BCUT2D eigenvalue weighted by atomic mass is 19.4. The van der Waals surface area contributed by atoms with Gasteiger partial charge in [-0.2, -0.15) is 0 Å². The van der Waals surface area contributed by atoms with Crippen LogP contribution in [0.4, 0.5) is 18.9 Å². The lowest BCUT2D eigenvalue weighted by Crippen LogP contribution is -2.39. The van der Waals surface area contributed by atoms with Crippen LogP contribution in [0.5, 0.6) is 23.3 Å². The summed E-state index contributed by atoms with van der Waals surface area (Å²) in [4.78, 5) is 6.56. The molecule has 0 unspecified atom stereocenters. The minimum absolute atomic E-state index is 0.0167. The summed E-state index contributed by atoms with van der Waals surface area (Å²) in [5.41, 5.74) is 0.161. The fourth-order valence-electron chi connectivity index (χ4n) is 4.88. The van der Waals surface area contributed by atoms with Crippen molar-refractivity contribution in [3.8, 4) is 23.3 Å². The predicted octanol–water partition coefficient (Wildman–Crippen LogP) is 5.29. The summed E-state index contributed by atoms with van der Waals surface area (Å²) in [5.74, 6) is 0.977. The molecular weight excluding hydrogens is 515 g/mol. The number of benzene rings is 2. The molecule has 0 amide bonds. The molecule has 0 bridgehead atoms.